The second kappa shape index (κ2) is 14.7. The SMILES string of the molecule is CCCCOCCOCCOCCNCCC1CCCO1. The summed E-state index contributed by atoms with van der Waals surface area (Å²) in [5, 5.41) is 3.38. The van der Waals surface area contributed by atoms with Crippen molar-refractivity contribution in [1.29, 1.82) is 0 Å². The van der Waals surface area contributed by atoms with Crippen molar-refractivity contribution in [1.82, 2.24) is 5.32 Å². The Morgan fingerprint density at radius 1 is 0.952 bits per heavy atom. The van der Waals surface area contributed by atoms with Crippen LogP contribution in [0.1, 0.15) is 39.0 Å². The highest BCUT2D eigenvalue weighted by Gasteiger charge is 2.14. The number of ether oxygens (including phenoxy) is 4. The summed E-state index contributed by atoms with van der Waals surface area (Å²) in [4.78, 5) is 0. The van der Waals surface area contributed by atoms with Crippen molar-refractivity contribution in [2.75, 3.05) is 59.3 Å². The molecule has 0 bridgehead atoms. The molecule has 1 rings (SSSR count). The number of rotatable bonds is 15. The smallest absolute Gasteiger partial charge is 0.0701 e. The molecular formula is C16H33NO4. The lowest BCUT2D eigenvalue weighted by atomic mass is 10.2. The molecule has 0 aromatic heterocycles. The molecule has 0 aliphatic carbocycles. The second-order valence-corrected chi connectivity index (χ2v) is 5.36. The van der Waals surface area contributed by atoms with Crippen LogP contribution in [0.5, 0.6) is 0 Å². The fourth-order valence-corrected chi connectivity index (χ4v) is 2.19. The molecule has 1 heterocycles. The van der Waals surface area contributed by atoms with E-state index in [1.807, 2.05) is 0 Å². The fraction of sp³-hybridized carbons (Fsp3) is 1.00. The molecule has 1 aliphatic rings. The zero-order valence-corrected chi connectivity index (χ0v) is 13.6. The third-order valence-electron chi connectivity index (χ3n) is 3.48. The van der Waals surface area contributed by atoms with Gasteiger partial charge in [-0.25, -0.2) is 0 Å². The molecule has 5 heteroatoms. The Labute approximate surface area is 129 Å². The molecule has 1 N–H and O–H groups in total. The minimum absolute atomic E-state index is 0.478. The van der Waals surface area contributed by atoms with Crippen molar-refractivity contribution in [2.24, 2.45) is 0 Å². The summed E-state index contributed by atoms with van der Waals surface area (Å²) in [6.07, 6.45) is 6.33. The molecule has 1 unspecified atom stereocenters. The summed E-state index contributed by atoms with van der Waals surface area (Å²) in [5.41, 5.74) is 0. The minimum atomic E-state index is 0.478. The van der Waals surface area contributed by atoms with Gasteiger partial charge >= 0.3 is 0 Å². The molecule has 0 radical (unpaired) electrons. The molecule has 0 aromatic rings. The lowest BCUT2D eigenvalue weighted by molar-refractivity contribution is 0.0145. The van der Waals surface area contributed by atoms with E-state index in [9.17, 15) is 0 Å². The van der Waals surface area contributed by atoms with Gasteiger partial charge in [0.2, 0.25) is 0 Å². The topological polar surface area (TPSA) is 49.0 Å². The van der Waals surface area contributed by atoms with E-state index >= 15 is 0 Å². The van der Waals surface area contributed by atoms with Crippen LogP contribution in [0.4, 0.5) is 0 Å². The molecular weight excluding hydrogens is 270 g/mol. The summed E-state index contributed by atoms with van der Waals surface area (Å²) in [6.45, 7) is 9.24. The quantitative estimate of drug-likeness (QED) is 0.469. The molecule has 0 spiro atoms. The van der Waals surface area contributed by atoms with Crippen LogP contribution in [0.2, 0.25) is 0 Å². The molecule has 1 fully saturated rings. The maximum absolute atomic E-state index is 5.57. The van der Waals surface area contributed by atoms with Crippen molar-refractivity contribution < 1.29 is 18.9 Å². The molecule has 0 aromatic carbocycles. The van der Waals surface area contributed by atoms with E-state index in [-0.39, 0.29) is 0 Å². The van der Waals surface area contributed by atoms with E-state index in [4.69, 9.17) is 18.9 Å². The predicted molar refractivity (Wildman–Crippen MR) is 83.8 cm³/mol. The van der Waals surface area contributed by atoms with Gasteiger partial charge in [-0.2, -0.15) is 0 Å². The fourth-order valence-electron chi connectivity index (χ4n) is 2.19. The maximum Gasteiger partial charge on any atom is 0.0701 e. The number of nitrogens with one attached hydrogen (secondary N) is 1. The third-order valence-corrected chi connectivity index (χ3v) is 3.48. The minimum Gasteiger partial charge on any atom is -0.379 e. The molecule has 1 aliphatic heterocycles. The zero-order chi connectivity index (χ0) is 15.0. The van der Waals surface area contributed by atoms with Gasteiger partial charge in [-0.15, -0.1) is 0 Å². The van der Waals surface area contributed by atoms with Crippen molar-refractivity contribution >= 4 is 0 Å². The van der Waals surface area contributed by atoms with Gasteiger partial charge in [0.25, 0.3) is 0 Å². The van der Waals surface area contributed by atoms with Gasteiger partial charge in [0.1, 0.15) is 0 Å². The second-order valence-electron chi connectivity index (χ2n) is 5.36. The average Bonchev–Trinajstić information content (AvgIpc) is 3.01. The molecule has 5 nitrogen and oxygen atoms in total. The van der Waals surface area contributed by atoms with E-state index in [0.717, 1.165) is 45.8 Å². The number of hydrogen-bond donors (Lipinski definition) is 1. The van der Waals surface area contributed by atoms with E-state index in [1.54, 1.807) is 0 Å². The Kier molecular flexibility index (Phi) is 13.2. The van der Waals surface area contributed by atoms with Crippen LogP contribution < -0.4 is 5.32 Å². The van der Waals surface area contributed by atoms with Gasteiger partial charge in [0.05, 0.1) is 39.1 Å². The normalized spacial score (nSPS) is 18.4. The molecule has 0 amide bonds. The Morgan fingerprint density at radius 2 is 1.67 bits per heavy atom. The highest BCUT2D eigenvalue weighted by atomic mass is 16.5. The summed E-state index contributed by atoms with van der Waals surface area (Å²) in [5.74, 6) is 0. The first-order valence-corrected chi connectivity index (χ1v) is 8.49. The van der Waals surface area contributed by atoms with Crippen LogP contribution in [-0.4, -0.2) is 65.4 Å². The van der Waals surface area contributed by atoms with Crippen LogP contribution in [-0.2, 0) is 18.9 Å². The zero-order valence-electron chi connectivity index (χ0n) is 13.6. The Balaban J connectivity index is 1.65. The van der Waals surface area contributed by atoms with Gasteiger partial charge < -0.3 is 24.3 Å². The van der Waals surface area contributed by atoms with Crippen LogP contribution in [0.15, 0.2) is 0 Å². The van der Waals surface area contributed by atoms with E-state index in [1.165, 1.54) is 19.3 Å². The predicted octanol–water partition coefficient (Wildman–Crippen LogP) is 1.99. The molecule has 1 atom stereocenters. The third kappa shape index (κ3) is 12.1. The van der Waals surface area contributed by atoms with Gasteiger partial charge in [-0.05, 0) is 32.2 Å². The summed E-state index contributed by atoms with van der Waals surface area (Å²) >= 11 is 0. The van der Waals surface area contributed by atoms with Gasteiger partial charge in [0, 0.05) is 19.8 Å². The highest BCUT2D eigenvalue weighted by Crippen LogP contribution is 2.14. The number of unbranched alkanes of at least 4 members (excludes halogenated alkanes) is 1. The van der Waals surface area contributed by atoms with Crippen molar-refractivity contribution in [3.05, 3.63) is 0 Å². The van der Waals surface area contributed by atoms with Crippen LogP contribution in [0, 0.1) is 0 Å². The van der Waals surface area contributed by atoms with E-state index in [2.05, 4.69) is 12.2 Å². The van der Waals surface area contributed by atoms with Crippen LogP contribution in [0.3, 0.4) is 0 Å². The molecule has 0 saturated carbocycles. The summed E-state index contributed by atoms with van der Waals surface area (Å²) in [6, 6.07) is 0. The first kappa shape index (κ1) is 18.8. The van der Waals surface area contributed by atoms with Crippen LogP contribution in [0.25, 0.3) is 0 Å². The van der Waals surface area contributed by atoms with E-state index in [0.29, 0.717) is 32.5 Å². The van der Waals surface area contributed by atoms with Gasteiger partial charge in [-0.3, -0.25) is 0 Å². The first-order chi connectivity index (χ1) is 10.4. The Morgan fingerprint density at radius 3 is 2.33 bits per heavy atom. The first-order valence-electron chi connectivity index (χ1n) is 8.49. The maximum atomic E-state index is 5.57. The summed E-state index contributed by atoms with van der Waals surface area (Å²) < 4.78 is 21.9. The number of hydrogen-bond acceptors (Lipinski definition) is 5. The molecule has 126 valence electrons. The monoisotopic (exact) mass is 303 g/mol. The lowest BCUT2D eigenvalue weighted by Gasteiger charge is -2.10. The largest absolute Gasteiger partial charge is 0.379 e. The molecule has 21 heavy (non-hydrogen) atoms. The van der Waals surface area contributed by atoms with Crippen molar-refractivity contribution in [2.45, 2.75) is 45.1 Å². The van der Waals surface area contributed by atoms with Crippen molar-refractivity contribution in [3.63, 3.8) is 0 Å². The van der Waals surface area contributed by atoms with Crippen molar-refractivity contribution in [3.8, 4) is 0 Å². The standard InChI is InChI=1S/C16H33NO4/c1-2-3-9-18-12-14-20-15-13-19-11-8-17-7-6-16-5-4-10-21-16/h16-17H,2-15H2,1H3. The molecule has 1 saturated heterocycles. The van der Waals surface area contributed by atoms with E-state index < -0.39 is 0 Å². The van der Waals surface area contributed by atoms with Gasteiger partial charge in [-0.1, -0.05) is 13.3 Å². The van der Waals surface area contributed by atoms with Gasteiger partial charge in [0.15, 0.2) is 0 Å². The summed E-state index contributed by atoms with van der Waals surface area (Å²) in [7, 11) is 0. The Bertz CT molecular complexity index is 210. The Hall–Kier alpha value is -0.200. The average molecular weight is 303 g/mol. The van der Waals surface area contributed by atoms with Crippen LogP contribution >= 0.6 is 0 Å². The highest BCUT2D eigenvalue weighted by molar-refractivity contribution is 4.65. The lowest BCUT2D eigenvalue weighted by Crippen LogP contribution is -2.24.